The van der Waals surface area contributed by atoms with Crippen molar-refractivity contribution in [1.82, 2.24) is 9.55 Å². The monoisotopic (exact) mass is 298 g/mol. The van der Waals surface area contributed by atoms with E-state index >= 15 is 0 Å². The molecular weight excluding hydrogens is 280 g/mol. The Balaban J connectivity index is 2.02. The van der Waals surface area contributed by atoms with Gasteiger partial charge in [0.1, 0.15) is 11.1 Å². The Morgan fingerprint density at radius 2 is 2.10 bits per heavy atom. The summed E-state index contributed by atoms with van der Waals surface area (Å²) < 4.78 is 26.3. The minimum Gasteiger partial charge on any atom is -0.481 e. The van der Waals surface area contributed by atoms with E-state index < -0.39 is 27.0 Å². The van der Waals surface area contributed by atoms with Crippen LogP contribution in [0.3, 0.4) is 0 Å². The summed E-state index contributed by atoms with van der Waals surface area (Å²) in [5, 5.41) is 8.69. The molecule has 3 rings (SSSR count). The highest BCUT2D eigenvalue weighted by Crippen LogP contribution is 2.36. The molecule has 2 unspecified atom stereocenters. The number of sulfone groups is 1. The molecule has 1 aromatic heterocycles. The van der Waals surface area contributed by atoms with Crippen molar-refractivity contribution in [3.63, 3.8) is 0 Å². The number of carbonyl (C=O) groups is 1. The zero-order valence-electron chi connectivity index (χ0n) is 11.2. The highest BCUT2D eigenvalue weighted by atomic mass is 32.2. The number of hydrogen-bond acceptors (Lipinski definition) is 4. The summed E-state index contributed by atoms with van der Waals surface area (Å²) in [6, 6.07) is 0. The molecule has 110 valence electrons. The van der Waals surface area contributed by atoms with E-state index in [0.29, 0.717) is 37.3 Å². The van der Waals surface area contributed by atoms with Crippen molar-refractivity contribution < 1.29 is 18.3 Å². The molecule has 0 radical (unpaired) electrons. The Labute approximate surface area is 117 Å². The summed E-state index contributed by atoms with van der Waals surface area (Å²) in [4.78, 5) is 15.5. The largest absolute Gasteiger partial charge is 0.481 e. The third kappa shape index (κ3) is 2.13. The third-order valence-electron chi connectivity index (χ3n) is 4.31. The topological polar surface area (TPSA) is 89.3 Å². The molecule has 2 aliphatic rings. The molecule has 1 fully saturated rings. The summed E-state index contributed by atoms with van der Waals surface area (Å²) in [5.41, 5.74) is 0.652. The predicted octanol–water partition coefficient (Wildman–Crippen LogP) is 1.48. The number of carboxylic acid groups (broad SMARTS) is 1. The molecule has 0 aromatic carbocycles. The molecule has 1 aromatic rings. The van der Waals surface area contributed by atoms with Crippen molar-refractivity contribution in [2.24, 2.45) is 0 Å². The van der Waals surface area contributed by atoms with Gasteiger partial charge in [-0.2, -0.15) is 0 Å². The minimum absolute atomic E-state index is 0.211. The summed E-state index contributed by atoms with van der Waals surface area (Å²) in [5.74, 6) is -0.659. The molecule has 6 nitrogen and oxygen atoms in total. The van der Waals surface area contributed by atoms with Crippen LogP contribution in [-0.2, 0) is 21.2 Å². The Hall–Kier alpha value is -1.37. The zero-order chi connectivity index (χ0) is 14.3. The van der Waals surface area contributed by atoms with E-state index in [2.05, 4.69) is 4.98 Å². The fraction of sp³-hybridized carbons (Fsp3) is 0.692. The lowest BCUT2D eigenvalue weighted by atomic mass is 9.96. The lowest BCUT2D eigenvalue weighted by Gasteiger charge is -2.26. The summed E-state index contributed by atoms with van der Waals surface area (Å²) in [7, 11) is -3.15. The number of aliphatic carboxylic acids is 1. The van der Waals surface area contributed by atoms with Crippen molar-refractivity contribution in [2.75, 3.05) is 5.75 Å². The van der Waals surface area contributed by atoms with Crippen LogP contribution in [0.5, 0.6) is 0 Å². The van der Waals surface area contributed by atoms with Crippen LogP contribution in [-0.4, -0.2) is 34.8 Å². The SMILES string of the molecule is O=C(O)C1CCCn2c1cnc2C1CCCCS1(=O)=O. The van der Waals surface area contributed by atoms with Gasteiger partial charge in [0.2, 0.25) is 0 Å². The van der Waals surface area contributed by atoms with Gasteiger partial charge in [-0.3, -0.25) is 4.79 Å². The van der Waals surface area contributed by atoms with Crippen LogP contribution < -0.4 is 0 Å². The number of imidazole rings is 1. The third-order valence-corrected chi connectivity index (χ3v) is 6.48. The van der Waals surface area contributed by atoms with E-state index in [0.717, 1.165) is 12.8 Å². The quantitative estimate of drug-likeness (QED) is 0.893. The Kier molecular flexibility index (Phi) is 3.32. The van der Waals surface area contributed by atoms with E-state index in [1.807, 2.05) is 4.57 Å². The lowest BCUT2D eigenvalue weighted by Crippen LogP contribution is -2.27. The van der Waals surface area contributed by atoms with Crippen LogP contribution in [0.15, 0.2) is 6.20 Å². The van der Waals surface area contributed by atoms with Crippen molar-refractivity contribution in [3.05, 3.63) is 17.7 Å². The van der Waals surface area contributed by atoms with Crippen molar-refractivity contribution in [3.8, 4) is 0 Å². The summed E-state index contributed by atoms with van der Waals surface area (Å²) >= 11 is 0. The molecule has 0 amide bonds. The van der Waals surface area contributed by atoms with Gasteiger partial charge in [0.15, 0.2) is 9.84 Å². The molecule has 1 saturated heterocycles. The number of rotatable bonds is 2. The molecule has 2 aliphatic heterocycles. The molecular formula is C13H18N2O4S. The van der Waals surface area contributed by atoms with Gasteiger partial charge in [0.05, 0.1) is 17.4 Å². The van der Waals surface area contributed by atoms with Crippen LogP contribution >= 0.6 is 0 Å². The van der Waals surface area contributed by atoms with Crippen molar-refractivity contribution >= 4 is 15.8 Å². The van der Waals surface area contributed by atoms with E-state index in [4.69, 9.17) is 0 Å². The van der Waals surface area contributed by atoms with Crippen LogP contribution in [0.1, 0.15) is 54.8 Å². The van der Waals surface area contributed by atoms with Gasteiger partial charge in [-0.15, -0.1) is 0 Å². The average molecular weight is 298 g/mol. The first-order valence-electron chi connectivity index (χ1n) is 7.00. The molecule has 2 atom stereocenters. The predicted molar refractivity (Wildman–Crippen MR) is 72.2 cm³/mol. The number of fused-ring (bicyclic) bond motifs is 1. The smallest absolute Gasteiger partial charge is 0.312 e. The van der Waals surface area contributed by atoms with Crippen molar-refractivity contribution in [1.29, 1.82) is 0 Å². The number of hydrogen-bond donors (Lipinski definition) is 1. The Bertz CT molecular complexity index is 635. The van der Waals surface area contributed by atoms with Crippen LogP contribution in [0, 0.1) is 0 Å². The first-order valence-corrected chi connectivity index (χ1v) is 8.72. The number of aromatic nitrogens is 2. The minimum atomic E-state index is -3.15. The first-order chi connectivity index (χ1) is 9.50. The first kappa shape index (κ1) is 13.6. The van der Waals surface area contributed by atoms with E-state index in [1.54, 1.807) is 6.20 Å². The van der Waals surface area contributed by atoms with E-state index in [-0.39, 0.29) is 5.75 Å². The van der Waals surface area contributed by atoms with Gasteiger partial charge >= 0.3 is 5.97 Å². The maximum Gasteiger partial charge on any atom is 0.312 e. The van der Waals surface area contributed by atoms with E-state index in [1.165, 1.54) is 0 Å². The molecule has 0 bridgehead atoms. The van der Waals surface area contributed by atoms with Crippen LogP contribution in [0.25, 0.3) is 0 Å². The lowest BCUT2D eigenvalue weighted by molar-refractivity contribution is -0.139. The Morgan fingerprint density at radius 1 is 1.30 bits per heavy atom. The molecule has 0 saturated carbocycles. The van der Waals surface area contributed by atoms with Gasteiger partial charge in [0.25, 0.3) is 0 Å². The Morgan fingerprint density at radius 3 is 2.80 bits per heavy atom. The molecule has 3 heterocycles. The molecule has 20 heavy (non-hydrogen) atoms. The van der Waals surface area contributed by atoms with Crippen LogP contribution in [0.4, 0.5) is 0 Å². The second kappa shape index (κ2) is 4.87. The molecule has 0 spiro atoms. The van der Waals surface area contributed by atoms with Gasteiger partial charge in [-0.05, 0) is 25.7 Å². The second-order valence-corrected chi connectivity index (χ2v) is 7.88. The number of nitrogens with zero attached hydrogens (tertiary/aromatic N) is 2. The number of carboxylic acids is 1. The standard InChI is InChI=1S/C13H18N2O4S/c16-13(17)9-4-3-6-15-10(9)8-14-12(15)11-5-1-2-7-20(11,18)19/h8-9,11H,1-7H2,(H,16,17). The molecule has 7 heteroatoms. The van der Waals surface area contributed by atoms with Gasteiger partial charge in [-0.25, -0.2) is 13.4 Å². The summed E-state index contributed by atoms with van der Waals surface area (Å²) in [6.07, 6.45) is 5.09. The fourth-order valence-electron chi connectivity index (χ4n) is 3.28. The highest BCUT2D eigenvalue weighted by Gasteiger charge is 2.37. The maximum absolute atomic E-state index is 12.2. The fourth-order valence-corrected chi connectivity index (χ4v) is 5.20. The van der Waals surface area contributed by atoms with Gasteiger partial charge in [0, 0.05) is 12.7 Å². The van der Waals surface area contributed by atoms with Crippen LogP contribution in [0.2, 0.25) is 0 Å². The zero-order valence-corrected chi connectivity index (χ0v) is 12.0. The molecule has 1 N–H and O–H groups in total. The van der Waals surface area contributed by atoms with Gasteiger partial charge in [-0.1, -0.05) is 6.42 Å². The second-order valence-electron chi connectivity index (χ2n) is 5.58. The average Bonchev–Trinajstić information content (AvgIpc) is 2.81. The van der Waals surface area contributed by atoms with E-state index in [9.17, 15) is 18.3 Å². The highest BCUT2D eigenvalue weighted by molar-refractivity contribution is 7.91. The normalized spacial score (nSPS) is 28.8. The summed E-state index contributed by atoms with van der Waals surface area (Å²) in [6.45, 7) is 0.667. The van der Waals surface area contributed by atoms with Crippen molar-refractivity contribution in [2.45, 2.75) is 49.8 Å². The molecule has 0 aliphatic carbocycles. The maximum atomic E-state index is 12.2. The van der Waals surface area contributed by atoms with Gasteiger partial charge < -0.3 is 9.67 Å².